The van der Waals surface area contributed by atoms with Crippen LogP contribution in [0.15, 0.2) is 66.7 Å². The highest BCUT2D eigenvalue weighted by Crippen LogP contribution is 2.34. The number of esters is 1. The highest BCUT2D eigenvalue weighted by molar-refractivity contribution is 6.07. The van der Waals surface area contributed by atoms with Crippen molar-refractivity contribution in [1.29, 1.82) is 0 Å². The predicted molar refractivity (Wildman–Crippen MR) is 114 cm³/mol. The summed E-state index contributed by atoms with van der Waals surface area (Å²) in [5.74, 6) is -2.80. The van der Waals surface area contributed by atoms with Gasteiger partial charge in [-0.2, -0.15) is 0 Å². The van der Waals surface area contributed by atoms with Crippen LogP contribution in [0.4, 0.5) is 5.69 Å². The molecule has 3 amide bonds. The van der Waals surface area contributed by atoms with E-state index in [9.17, 15) is 19.2 Å². The Hall–Kier alpha value is -3.74. The highest BCUT2D eigenvalue weighted by atomic mass is 16.5. The van der Waals surface area contributed by atoms with E-state index in [2.05, 4.69) is 5.32 Å². The zero-order chi connectivity index (χ0) is 21.8. The van der Waals surface area contributed by atoms with Gasteiger partial charge in [-0.25, -0.2) is 0 Å². The maximum Gasteiger partial charge on any atom is 0.326 e. The van der Waals surface area contributed by atoms with Gasteiger partial charge in [0, 0.05) is 11.3 Å². The Kier molecular flexibility index (Phi) is 5.93. The first-order chi connectivity index (χ1) is 15.0. The molecule has 1 aliphatic heterocycles. The first kappa shape index (κ1) is 20.5. The average Bonchev–Trinajstić information content (AvgIpc) is 3.04. The van der Waals surface area contributed by atoms with Crippen molar-refractivity contribution in [2.75, 3.05) is 18.5 Å². The van der Waals surface area contributed by atoms with Crippen molar-refractivity contribution in [1.82, 2.24) is 4.90 Å². The van der Waals surface area contributed by atoms with Gasteiger partial charge in [0.25, 0.3) is 5.91 Å². The Morgan fingerprint density at radius 2 is 1.52 bits per heavy atom. The fraction of sp³-hybridized carbons (Fsp3) is 0.250. The number of ether oxygens (including phenoxy) is 1. The second-order valence-corrected chi connectivity index (χ2v) is 7.54. The molecular formula is C24H22N2O5. The van der Waals surface area contributed by atoms with Gasteiger partial charge in [-0.1, -0.05) is 60.7 Å². The van der Waals surface area contributed by atoms with Gasteiger partial charge in [0.05, 0.1) is 11.8 Å². The molecule has 2 aromatic rings. The summed E-state index contributed by atoms with van der Waals surface area (Å²) in [6.45, 7) is -0.981. The molecule has 0 bridgehead atoms. The van der Waals surface area contributed by atoms with E-state index < -0.39 is 36.9 Å². The number of nitrogens with one attached hydrogen (secondary N) is 1. The lowest BCUT2D eigenvalue weighted by Crippen LogP contribution is -2.37. The zero-order valence-electron chi connectivity index (χ0n) is 16.8. The summed E-state index contributed by atoms with van der Waals surface area (Å²) >= 11 is 0. The van der Waals surface area contributed by atoms with E-state index in [0.717, 1.165) is 16.0 Å². The normalized spacial score (nSPS) is 19.8. The zero-order valence-corrected chi connectivity index (χ0v) is 16.8. The number of nitrogens with zero attached hydrogens (tertiary/aromatic N) is 1. The summed E-state index contributed by atoms with van der Waals surface area (Å²) in [6, 6.07) is 16.9. The summed E-state index contributed by atoms with van der Waals surface area (Å²) in [5, 5.41) is 2.74. The number of hydrogen-bond acceptors (Lipinski definition) is 5. The molecule has 1 fully saturated rings. The number of benzene rings is 2. The Morgan fingerprint density at radius 1 is 0.903 bits per heavy atom. The maximum absolute atomic E-state index is 12.4. The molecule has 158 valence electrons. The molecule has 7 nitrogen and oxygen atoms in total. The second kappa shape index (κ2) is 8.95. The van der Waals surface area contributed by atoms with Crippen molar-refractivity contribution in [3.63, 3.8) is 0 Å². The number of carbonyl (C=O) groups is 4. The third-order valence-corrected chi connectivity index (χ3v) is 5.54. The number of carbonyl (C=O) groups excluding carboxylic acids is 4. The van der Waals surface area contributed by atoms with Crippen LogP contribution in [0.1, 0.15) is 12.8 Å². The first-order valence-electron chi connectivity index (χ1n) is 10.1. The van der Waals surface area contributed by atoms with Gasteiger partial charge in [-0.3, -0.25) is 24.1 Å². The fourth-order valence-electron chi connectivity index (χ4n) is 3.99. The number of anilines is 1. The minimum absolute atomic E-state index is 0.350. The van der Waals surface area contributed by atoms with Gasteiger partial charge >= 0.3 is 5.97 Å². The van der Waals surface area contributed by atoms with Gasteiger partial charge in [0.2, 0.25) is 11.8 Å². The number of amides is 3. The van der Waals surface area contributed by atoms with Gasteiger partial charge in [-0.15, -0.1) is 0 Å². The van der Waals surface area contributed by atoms with Gasteiger partial charge in [-0.05, 0) is 24.5 Å². The number of rotatable bonds is 6. The van der Waals surface area contributed by atoms with E-state index in [-0.39, 0.29) is 11.8 Å². The number of imide groups is 1. The second-order valence-electron chi connectivity index (χ2n) is 7.54. The molecule has 1 saturated heterocycles. The number of allylic oxidation sites excluding steroid dienone is 2. The molecule has 2 aliphatic rings. The molecule has 1 N–H and O–H groups in total. The van der Waals surface area contributed by atoms with Crippen molar-refractivity contribution < 1.29 is 23.9 Å². The van der Waals surface area contributed by atoms with Crippen molar-refractivity contribution in [3.8, 4) is 11.1 Å². The summed E-state index contributed by atoms with van der Waals surface area (Å²) < 4.78 is 5.02. The van der Waals surface area contributed by atoms with Crippen LogP contribution in [0.2, 0.25) is 0 Å². The third-order valence-electron chi connectivity index (χ3n) is 5.54. The van der Waals surface area contributed by atoms with E-state index >= 15 is 0 Å². The van der Waals surface area contributed by atoms with Gasteiger partial charge < -0.3 is 10.1 Å². The van der Waals surface area contributed by atoms with Crippen LogP contribution in [0, 0.1) is 11.8 Å². The van der Waals surface area contributed by atoms with E-state index in [1.807, 2.05) is 54.6 Å². The SMILES string of the molecule is O=C(COC(=O)CN1C(=O)[C@H]2CC=CC[C@H]2C1=O)Nc1ccccc1-c1ccccc1. The Labute approximate surface area is 179 Å². The number of para-hydroxylation sites is 1. The monoisotopic (exact) mass is 418 g/mol. The number of hydrogen-bond donors (Lipinski definition) is 1. The van der Waals surface area contributed by atoms with Crippen molar-refractivity contribution in [3.05, 3.63) is 66.7 Å². The van der Waals surface area contributed by atoms with Crippen LogP contribution in [-0.2, 0) is 23.9 Å². The molecule has 1 aliphatic carbocycles. The minimum atomic E-state index is -0.792. The van der Waals surface area contributed by atoms with E-state index in [4.69, 9.17) is 4.74 Å². The largest absolute Gasteiger partial charge is 0.454 e. The maximum atomic E-state index is 12.4. The average molecular weight is 418 g/mol. The van der Waals surface area contributed by atoms with Crippen molar-refractivity contribution >= 4 is 29.4 Å². The molecule has 0 spiro atoms. The third kappa shape index (κ3) is 4.40. The summed E-state index contributed by atoms with van der Waals surface area (Å²) in [5.41, 5.74) is 2.38. The summed E-state index contributed by atoms with van der Waals surface area (Å²) in [4.78, 5) is 50.3. The van der Waals surface area contributed by atoms with E-state index in [0.29, 0.717) is 18.5 Å². The molecule has 0 aromatic heterocycles. The standard InChI is InChI=1S/C24H22N2O5/c27-21(25-20-13-7-6-10-17(20)16-8-2-1-3-9-16)15-31-22(28)14-26-23(29)18-11-4-5-12-19(18)24(26)30/h1-10,13,18-19H,11-12,14-15H2,(H,25,27)/t18-,19+. The topological polar surface area (TPSA) is 92.8 Å². The van der Waals surface area contributed by atoms with Crippen LogP contribution in [0.3, 0.4) is 0 Å². The molecule has 0 radical (unpaired) electrons. The van der Waals surface area contributed by atoms with Crippen LogP contribution in [-0.4, -0.2) is 41.7 Å². The molecule has 31 heavy (non-hydrogen) atoms. The number of likely N-dealkylation sites (tertiary alicyclic amines) is 1. The van der Waals surface area contributed by atoms with Gasteiger partial charge in [0.1, 0.15) is 6.54 Å². The molecule has 2 aromatic carbocycles. The van der Waals surface area contributed by atoms with Crippen LogP contribution in [0.5, 0.6) is 0 Å². The highest BCUT2D eigenvalue weighted by Gasteiger charge is 2.47. The Balaban J connectivity index is 1.32. The molecule has 4 rings (SSSR count). The first-order valence-corrected chi connectivity index (χ1v) is 10.1. The summed E-state index contributed by atoms with van der Waals surface area (Å²) in [7, 11) is 0. The van der Waals surface area contributed by atoms with Gasteiger partial charge in [0.15, 0.2) is 6.61 Å². The Morgan fingerprint density at radius 3 is 2.19 bits per heavy atom. The van der Waals surface area contributed by atoms with Crippen LogP contribution in [0.25, 0.3) is 11.1 Å². The van der Waals surface area contributed by atoms with Crippen LogP contribution >= 0.6 is 0 Å². The smallest absolute Gasteiger partial charge is 0.326 e. The lowest BCUT2D eigenvalue weighted by Gasteiger charge is -2.14. The molecule has 2 atom stereocenters. The fourth-order valence-corrected chi connectivity index (χ4v) is 3.99. The van der Waals surface area contributed by atoms with E-state index in [1.54, 1.807) is 12.1 Å². The molecule has 0 unspecified atom stereocenters. The summed E-state index contributed by atoms with van der Waals surface area (Å²) in [6.07, 6.45) is 4.77. The molecular weight excluding hydrogens is 396 g/mol. The molecule has 1 heterocycles. The lowest BCUT2D eigenvalue weighted by molar-refractivity contribution is -0.154. The number of fused-ring (bicyclic) bond motifs is 1. The minimum Gasteiger partial charge on any atom is -0.454 e. The van der Waals surface area contributed by atoms with E-state index in [1.165, 1.54) is 0 Å². The molecule has 7 heteroatoms. The van der Waals surface area contributed by atoms with Crippen LogP contribution < -0.4 is 5.32 Å². The quantitative estimate of drug-likeness (QED) is 0.442. The predicted octanol–water partition coefficient (Wildman–Crippen LogP) is 2.79. The lowest BCUT2D eigenvalue weighted by atomic mass is 9.85. The molecule has 0 saturated carbocycles. The van der Waals surface area contributed by atoms with Crippen molar-refractivity contribution in [2.24, 2.45) is 11.8 Å². The van der Waals surface area contributed by atoms with Crippen molar-refractivity contribution in [2.45, 2.75) is 12.8 Å². The Bertz CT molecular complexity index is 1020.